The second kappa shape index (κ2) is 4.67. The Hall–Kier alpha value is -2.74. The summed E-state index contributed by atoms with van der Waals surface area (Å²) < 4.78 is 6.23. The molecule has 2 nitrogen and oxygen atoms in total. The molecule has 0 aromatic heterocycles. The summed E-state index contributed by atoms with van der Waals surface area (Å²) in [5, 5.41) is 0. The zero-order valence-electron chi connectivity index (χ0n) is 11.5. The zero-order valence-corrected chi connectivity index (χ0v) is 11.5. The Labute approximate surface area is 123 Å². The minimum absolute atomic E-state index is 0.139. The van der Waals surface area contributed by atoms with Crippen molar-refractivity contribution < 1.29 is 4.74 Å². The molecule has 0 aliphatic heterocycles. The predicted molar refractivity (Wildman–Crippen MR) is 85.2 cm³/mol. The Morgan fingerprint density at radius 2 is 1.43 bits per heavy atom. The maximum Gasteiger partial charge on any atom is 0.152 e. The van der Waals surface area contributed by atoms with Gasteiger partial charge in [0.15, 0.2) is 6.10 Å². The lowest BCUT2D eigenvalue weighted by atomic mass is 10.0. The summed E-state index contributed by atoms with van der Waals surface area (Å²) in [6.07, 6.45) is -0.139. The van der Waals surface area contributed by atoms with Gasteiger partial charge in [-0.25, -0.2) is 0 Å². The third kappa shape index (κ3) is 1.88. The number of para-hydroxylation sites is 1. The van der Waals surface area contributed by atoms with Crippen LogP contribution in [-0.4, -0.2) is 0 Å². The van der Waals surface area contributed by atoms with Gasteiger partial charge < -0.3 is 10.5 Å². The van der Waals surface area contributed by atoms with Crippen molar-refractivity contribution in [1.29, 1.82) is 0 Å². The van der Waals surface area contributed by atoms with Gasteiger partial charge in [-0.1, -0.05) is 54.6 Å². The lowest BCUT2D eigenvalue weighted by molar-refractivity contribution is 0.253. The first-order chi connectivity index (χ1) is 10.3. The van der Waals surface area contributed by atoms with Crippen molar-refractivity contribution in [2.75, 3.05) is 5.73 Å². The van der Waals surface area contributed by atoms with Gasteiger partial charge in [-0.3, -0.25) is 0 Å². The molecular formula is C19H15NO. The van der Waals surface area contributed by atoms with Crippen molar-refractivity contribution in [2.24, 2.45) is 0 Å². The zero-order chi connectivity index (χ0) is 14.2. The molecule has 0 spiro atoms. The molecule has 3 aromatic rings. The van der Waals surface area contributed by atoms with E-state index in [0.29, 0.717) is 0 Å². The van der Waals surface area contributed by atoms with Gasteiger partial charge in [0.1, 0.15) is 5.75 Å². The second-order valence-corrected chi connectivity index (χ2v) is 5.21. The number of fused-ring (bicyclic) bond motifs is 3. The van der Waals surface area contributed by atoms with Crippen molar-refractivity contribution in [3.63, 3.8) is 0 Å². The van der Waals surface area contributed by atoms with Crippen LogP contribution < -0.4 is 10.5 Å². The average Bonchev–Trinajstić information content (AvgIpc) is 2.84. The smallest absolute Gasteiger partial charge is 0.152 e. The first-order valence-corrected chi connectivity index (χ1v) is 7.04. The molecule has 2 heteroatoms. The van der Waals surface area contributed by atoms with Gasteiger partial charge in [-0.15, -0.1) is 0 Å². The molecule has 0 heterocycles. The van der Waals surface area contributed by atoms with Crippen molar-refractivity contribution in [3.8, 4) is 16.9 Å². The summed E-state index contributed by atoms with van der Waals surface area (Å²) in [6, 6.07) is 24.3. The molecule has 4 rings (SSSR count). The van der Waals surface area contributed by atoms with Crippen molar-refractivity contribution in [1.82, 2.24) is 0 Å². The van der Waals surface area contributed by atoms with E-state index in [1.807, 2.05) is 48.5 Å². The highest BCUT2D eigenvalue weighted by molar-refractivity contribution is 5.82. The molecule has 102 valence electrons. The number of benzene rings is 3. The Kier molecular flexibility index (Phi) is 2.68. The van der Waals surface area contributed by atoms with Gasteiger partial charge in [0.05, 0.1) is 0 Å². The average molecular weight is 273 g/mol. The van der Waals surface area contributed by atoms with Crippen LogP contribution in [0.3, 0.4) is 0 Å². The summed E-state index contributed by atoms with van der Waals surface area (Å²) >= 11 is 0. The Morgan fingerprint density at radius 3 is 2.29 bits per heavy atom. The molecule has 1 aliphatic carbocycles. The number of hydrogen-bond donors (Lipinski definition) is 1. The summed E-state index contributed by atoms with van der Waals surface area (Å²) in [5.74, 6) is 0.855. The van der Waals surface area contributed by atoms with Crippen molar-refractivity contribution >= 4 is 5.69 Å². The predicted octanol–water partition coefficient (Wildman–Crippen LogP) is 4.42. The molecule has 0 fully saturated rings. The molecule has 1 aliphatic rings. The van der Waals surface area contributed by atoms with Gasteiger partial charge in [-0.2, -0.15) is 0 Å². The van der Waals surface area contributed by atoms with Gasteiger partial charge in [-0.05, 0) is 29.3 Å². The van der Waals surface area contributed by atoms with E-state index < -0.39 is 0 Å². The van der Waals surface area contributed by atoms with Crippen LogP contribution in [-0.2, 0) is 0 Å². The molecule has 0 radical (unpaired) electrons. The van der Waals surface area contributed by atoms with Crippen LogP contribution in [0.2, 0.25) is 0 Å². The van der Waals surface area contributed by atoms with Crippen molar-refractivity contribution in [3.05, 3.63) is 83.9 Å². The fraction of sp³-hybridized carbons (Fsp3) is 0.0526. The molecule has 1 unspecified atom stereocenters. The second-order valence-electron chi connectivity index (χ2n) is 5.21. The summed E-state index contributed by atoms with van der Waals surface area (Å²) in [5.41, 5.74) is 11.6. The lowest BCUT2D eigenvalue weighted by Crippen LogP contribution is -2.08. The Balaban J connectivity index is 1.87. The van der Waals surface area contributed by atoms with E-state index in [4.69, 9.17) is 10.5 Å². The van der Waals surface area contributed by atoms with Gasteiger partial charge in [0, 0.05) is 16.8 Å². The highest BCUT2D eigenvalue weighted by atomic mass is 16.5. The first-order valence-electron chi connectivity index (χ1n) is 7.04. The van der Waals surface area contributed by atoms with E-state index in [2.05, 4.69) is 24.3 Å². The molecule has 0 bridgehead atoms. The highest BCUT2D eigenvalue weighted by Gasteiger charge is 2.31. The monoisotopic (exact) mass is 273 g/mol. The largest absolute Gasteiger partial charge is 0.481 e. The third-order valence-corrected chi connectivity index (χ3v) is 3.93. The van der Waals surface area contributed by atoms with Gasteiger partial charge in [0.2, 0.25) is 0 Å². The molecule has 2 N–H and O–H groups in total. The van der Waals surface area contributed by atoms with Crippen molar-refractivity contribution in [2.45, 2.75) is 6.10 Å². The van der Waals surface area contributed by atoms with Crippen LogP contribution in [0.1, 0.15) is 17.2 Å². The number of anilines is 1. The van der Waals surface area contributed by atoms with Crippen LogP contribution in [0.15, 0.2) is 72.8 Å². The van der Waals surface area contributed by atoms with Crippen LogP contribution in [0.5, 0.6) is 5.75 Å². The van der Waals surface area contributed by atoms with Crippen LogP contribution >= 0.6 is 0 Å². The maximum atomic E-state index is 6.23. The standard InChI is InChI=1S/C19H15NO/c20-17-12-6-11-15-14-9-4-5-10-16(14)19(18(15)17)21-13-7-2-1-3-8-13/h1-12,19H,20H2. The fourth-order valence-corrected chi connectivity index (χ4v) is 2.99. The fourth-order valence-electron chi connectivity index (χ4n) is 2.99. The van der Waals surface area contributed by atoms with E-state index >= 15 is 0 Å². The van der Waals surface area contributed by atoms with E-state index in [9.17, 15) is 0 Å². The molecule has 21 heavy (non-hydrogen) atoms. The molecular weight excluding hydrogens is 258 g/mol. The van der Waals surface area contributed by atoms with Crippen LogP contribution in [0.25, 0.3) is 11.1 Å². The number of rotatable bonds is 2. The van der Waals surface area contributed by atoms with E-state index in [0.717, 1.165) is 17.0 Å². The molecule has 3 aromatic carbocycles. The third-order valence-electron chi connectivity index (χ3n) is 3.93. The van der Waals surface area contributed by atoms with Crippen LogP contribution in [0, 0.1) is 0 Å². The highest BCUT2D eigenvalue weighted by Crippen LogP contribution is 2.47. The molecule has 0 saturated heterocycles. The number of ether oxygens (including phenoxy) is 1. The Bertz CT molecular complexity index is 796. The van der Waals surface area contributed by atoms with E-state index in [-0.39, 0.29) is 6.10 Å². The number of nitrogen functional groups attached to an aromatic ring is 1. The first kappa shape index (κ1) is 12.0. The topological polar surface area (TPSA) is 35.2 Å². The molecule has 1 atom stereocenters. The van der Waals surface area contributed by atoms with E-state index in [1.54, 1.807) is 0 Å². The minimum atomic E-state index is -0.139. The summed E-state index contributed by atoms with van der Waals surface area (Å²) in [4.78, 5) is 0. The Morgan fingerprint density at radius 1 is 0.714 bits per heavy atom. The molecule has 0 amide bonds. The summed E-state index contributed by atoms with van der Waals surface area (Å²) in [6.45, 7) is 0. The van der Waals surface area contributed by atoms with Crippen LogP contribution in [0.4, 0.5) is 5.69 Å². The quantitative estimate of drug-likeness (QED) is 0.701. The maximum absolute atomic E-state index is 6.23. The van der Waals surface area contributed by atoms with E-state index in [1.165, 1.54) is 16.7 Å². The SMILES string of the molecule is Nc1cccc2c1C(Oc1ccccc1)c1ccccc1-2. The number of hydrogen-bond acceptors (Lipinski definition) is 2. The number of nitrogens with two attached hydrogens (primary N) is 1. The van der Waals surface area contributed by atoms with Gasteiger partial charge >= 0.3 is 0 Å². The lowest BCUT2D eigenvalue weighted by Gasteiger charge is -2.17. The minimum Gasteiger partial charge on any atom is -0.481 e. The normalized spacial score (nSPS) is 15.3. The van der Waals surface area contributed by atoms with Gasteiger partial charge in [0.25, 0.3) is 0 Å². The summed E-state index contributed by atoms with van der Waals surface area (Å²) in [7, 11) is 0. The molecule has 0 saturated carbocycles.